The number of halogens is 3. The molecule has 2 aromatic carbocycles. The average molecular weight is 397 g/mol. The van der Waals surface area contributed by atoms with Crippen LogP contribution in [0.25, 0.3) is 10.9 Å². The number of hydrogen-bond acceptors (Lipinski definition) is 2. The van der Waals surface area contributed by atoms with Gasteiger partial charge in [0.15, 0.2) is 5.69 Å². The summed E-state index contributed by atoms with van der Waals surface area (Å²) in [5.41, 5.74) is 1.52. The molecule has 0 fully saturated rings. The van der Waals surface area contributed by atoms with Gasteiger partial charge in [-0.25, -0.2) is 4.39 Å². The van der Waals surface area contributed by atoms with E-state index >= 15 is 0 Å². The molecule has 0 saturated heterocycles. The fourth-order valence-corrected chi connectivity index (χ4v) is 2.77. The summed E-state index contributed by atoms with van der Waals surface area (Å²) in [6.45, 7) is 0.309. The third kappa shape index (κ3) is 3.09. The molecule has 1 amide bonds. The molecule has 1 heterocycles. The zero-order chi connectivity index (χ0) is 16.6. The molecule has 4 nitrogen and oxygen atoms in total. The van der Waals surface area contributed by atoms with E-state index in [0.717, 1.165) is 5.56 Å². The number of nitrogens with one attached hydrogen (secondary N) is 1. The number of nitrogens with zero attached hydrogens (tertiary/aromatic N) is 2. The van der Waals surface area contributed by atoms with Crippen molar-refractivity contribution in [2.45, 2.75) is 6.54 Å². The summed E-state index contributed by atoms with van der Waals surface area (Å²) >= 11 is 8.96. The number of benzene rings is 2. The van der Waals surface area contributed by atoms with Crippen LogP contribution in [-0.4, -0.2) is 15.7 Å². The van der Waals surface area contributed by atoms with Gasteiger partial charge in [-0.3, -0.25) is 9.48 Å². The van der Waals surface area contributed by atoms with Crippen molar-refractivity contribution in [3.63, 3.8) is 0 Å². The highest BCUT2D eigenvalue weighted by Gasteiger charge is 2.20. The minimum absolute atomic E-state index is 0.0651. The van der Waals surface area contributed by atoms with Gasteiger partial charge >= 0.3 is 0 Å². The Morgan fingerprint density at radius 3 is 2.70 bits per heavy atom. The molecule has 0 unspecified atom stereocenters. The lowest BCUT2D eigenvalue weighted by Crippen LogP contribution is -2.23. The van der Waals surface area contributed by atoms with Crippen molar-refractivity contribution in [3.05, 3.63) is 63.0 Å². The Hall–Kier alpha value is -1.92. The zero-order valence-corrected chi connectivity index (χ0v) is 14.4. The maximum absolute atomic E-state index is 14.3. The molecule has 0 aliphatic carbocycles. The Balaban J connectivity index is 1.89. The highest BCUT2D eigenvalue weighted by molar-refractivity contribution is 9.10. The van der Waals surface area contributed by atoms with E-state index in [1.54, 1.807) is 31.3 Å². The summed E-state index contributed by atoms with van der Waals surface area (Å²) in [4.78, 5) is 12.4. The number of aryl methyl sites for hydroxylation is 1. The third-order valence-electron chi connectivity index (χ3n) is 3.49. The van der Waals surface area contributed by atoms with Gasteiger partial charge in [0.1, 0.15) is 5.82 Å². The monoisotopic (exact) mass is 395 g/mol. The zero-order valence-electron chi connectivity index (χ0n) is 12.1. The summed E-state index contributed by atoms with van der Waals surface area (Å²) in [5.74, 6) is -0.921. The van der Waals surface area contributed by atoms with Gasteiger partial charge in [-0.05, 0) is 45.8 Å². The normalized spacial score (nSPS) is 11.0. The quantitative estimate of drug-likeness (QED) is 0.726. The van der Waals surface area contributed by atoms with Crippen molar-refractivity contribution in [2.75, 3.05) is 0 Å². The molecular weight excluding hydrogens is 385 g/mol. The summed E-state index contributed by atoms with van der Waals surface area (Å²) in [7, 11) is 1.67. The molecule has 3 rings (SSSR count). The Kier molecular flexibility index (Phi) is 4.37. The van der Waals surface area contributed by atoms with Crippen molar-refractivity contribution >= 4 is 44.3 Å². The molecule has 0 aliphatic rings. The van der Waals surface area contributed by atoms with E-state index in [-0.39, 0.29) is 11.1 Å². The lowest BCUT2D eigenvalue weighted by atomic mass is 10.2. The van der Waals surface area contributed by atoms with Crippen LogP contribution in [0.2, 0.25) is 5.02 Å². The van der Waals surface area contributed by atoms with E-state index in [0.29, 0.717) is 21.6 Å². The van der Waals surface area contributed by atoms with Crippen LogP contribution >= 0.6 is 27.5 Å². The minimum Gasteiger partial charge on any atom is -0.347 e. The van der Waals surface area contributed by atoms with Gasteiger partial charge in [0.2, 0.25) is 0 Å². The number of fused-ring (bicyclic) bond motifs is 1. The smallest absolute Gasteiger partial charge is 0.272 e. The first-order valence-corrected chi connectivity index (χ1v) is 7.98. The third-order valence-corrected chi connectivity index (χ3v) is 4.35. The predicted molar refractivity (Wildman–Crippen MR) is 91.0 cm³/mol. The largest absolute Gasteiger partial charge is 0.347 e. The molecule has 1 aromatic heterocycles. The van der Waals surface area contributed by atoms with Gasteiger partial charge in [0, 0.05) is 18.6 Å². The highest BCUT2D eigenvalue weighted by atomic mass is 79.9. The molecule has 0 radical (unpaired) electrons. The van der Waals surface area contributed by atoms with E-state index in [1.165, 1.54) is 4.68 Å². The highest BCUT2D eigenvalue weighted by Crippen LogP contribution is 2.27. The topological polar surface area (TPSA) is 46.9 Å². The van der Waals surface area contributed by atoms with Crippen LogP contribution in [0.3, 0.4) is 0 Å². The predicted octanol–water partition coefficient (Wildman–Crippen LogP) is 4.06. The summed E-state index contributed by atoms with van der Waals surface area (Å²) < 4.78 is 16.1. The number of carbonyl (C=O) groups is 1. The van der Waals surface area contributed by atoms with Gasteiger partial charge in [-0.15, -0.1) is 0 Å². The maximum atomic E-state index is 14.3. The second-order valence-electron chi connectivity index (χ2n) is 5.04. The molecule has 0 aliphatic heterocycles. The first kappa shape index (κ1) is 16.0. The van der Waals surface area contributed by atoms with Crippen molar-refractivity contribution in [1.82, 2.24) is 15.1 Å². The fraction of sp³-hybridized carbons (Fsp3) is 0.125. The van der Waals surface area contributed by atoms with Gasteiger partial charge in [-0.2, -0.15) is 5.10 Å². The first-order valence-electron chi connectivity index (χ1n) is 6.80. The molecular formula is C16H12BrClFN3O. The minimum atomic E-state index is -0.493. The maximum Gasteiger partial charge on any atom is 0.272 e. The number of amides is 1. The fourth-order valence-electron chi connectivity index (χ4n) is 2.32. The second kappa shape index (κ2) is 6.29. The number of rotatable bonds is 3. The molecule has 1 N–H and O–H groups in total. The molecule has 0 spiro atoms. The molecule has 0 atom stereocenters. The molecule has 7 heteroatoms. The number of hydrogen-bond donors (Lipinski definition) is 1. The summed E-state index contributed by atoms with van der Waals surface area (Å²) in [6, 6.07) is 10.4. The van der Waals surface area contributed by atoms with Gasteiger partial charge in [0.05, 0.1) is 15.4 Å². The van der Waals surface area contributed by atoms with E-state index < -0.39 is 11.7 Å². The number of carbonyl (C=O) groups excluding carboxylic acids is 1. The summed E-state index contributed by atoms with van der Waals surface area (Å²) in [5, 5.41) is 7.72. The van der Waals surface area contributed by atoms with Crippen molar-refractivity contribution in [1.29, 1.82) is 0 Å². The van der Waals surface area contributed by atoms with Gasteiger partial charge in [-0.1, -0.05) is 23.7 Å². The van der Waals surface area contributed by atoms with Crippen LogP contribution in [0.15, 0.2) is 40.9 Å². The van der Waals surface area contributed by atoms with E-state index in [9.17, 15) is 9.18 Å². The standard InChI is InChI=1S/C16H12BrClFN3O/c1-22-12-7-6-11(17)14(19)13(12)15(21-22)16(23)20-8-9-2-4-10(18)5-3-9/h2-7H,8H2,1H3,(H,20,23). The number of aromatic nitrogens is 2. The van der Waals surface area contributed by atoms with Crippen molar-refractivity contribution < 1.29 is 9.18 Å². The van der Waals surface area contributed by atoms with Crippen LogP contribution in [-0.2, 0) is 13.6 Å². The summed E-state index contributed by atoms with van der Waals surface area (Å²) in [6.07, 6.45) is 0. The Labute approximate surface area is 145 Å². The molecule has 0 saturated carbocycles. The lowest BCUT2D eigenvalue weighted by molar-refractivity contribution is 0.0946. The Morgan fingerprint density at radius 2 is 2.00 bits per heavy atom. The van der Waals surface area contributed by atoms with E-state index in [2.05, 4.69) is 26.3 Å². The van der Waals surface area contributed by atoms with Crippen LogP contribution in [0.1, 0.15) is 16.1 Å². The van der Waals surface area contributed by atoms with Crippen LogP contribution in [0.4, 0.5) is 4.39 Å². The molecule has 118 valence electrons. The molecule has 0 bridgehead atoms. The van der Waals surface area contributed by atoms with Gasteiger partial charge < -0.3 is 5.32 Å². The lowest BCUT2D eigenvalue weighted by Gasteiger charge is -2.04. The molecule has 3 aromatic rings. The first-order chi connectivity index (χ1) is 11.0. The van der Waals surface area contributed by atoms with Crippen molar-refractivity contribution in [2.24, 2.45) is 7.05 Å². The van der Waals surface area contributed by atoms with Crippen molar-refractivity contribution in [3.8, 4) is 0 Å². The van der Waals surface area contributed by atoms with Crippen LogP contribution in [0, 0.1) is 5.82 Å². The van der Waals surface area contributed by atoms with Crippen LogP contribution in [0.5, 0.6) is 0 Å². The molecule has 23 heavy (non-hydrogen) atoms. The SMILES string of the molecule is Cn1nc(C(=O)NCc2ccc(Cl)cc2)c2c(F)c(Br)ccc21. The second-order valence-corrected chi connectivity index (χ2v) is 6.33. The van der Waals surface area contributed by atoms with Gasteiger partial charge in [0.25, 0.3) is 5.91 Å². The van der Waals surface area contributed by atoms with E-state index in [4.69, 9.17) is 11.6 Å². The Morgan fingerprint density at radius 1 is 1.30 bits per heavy atom. The Bertz CT molecular complexity index is 892. The van der Waals surface area contributed by atoms with E-state index in [1.807, 2.05) is 12.1 Å². The average Bonchev–Trinajstić information content (AvgIpc) is 2.88. The van der Waals surface area contributed by atoms with Crippen LogP contribution < -0.4 is 5.32 Å².